The van der Waals surface area contributed by atoms with Crippen LogP contribution in [-0.2, 0) is 4.79 Å². The summed E-state index contributed by atoms with van der Waals surface area (Å²) in [6, 6.07) is 0.433. The van der Waals surface area contributed by atoms with E-state index in [0.717, 1.165) is 12.8 Å². The highest BCUT2D eigenvalue weighted by atomic mass is 32.1. The van der Waals surface area contributed by atoms with Crippen LogP contribution in [0.1, 0.15) is 51.4 Å². The highest BCUT2D eigenvalue weighted by molar-refractivity contribution is 7.80. The molecular weight excluding hydrogens is 194 g/mol. The molecule has 1 N–H and O–H groups in total. The molecule has 1 saturated carbocycles. The van der Waals surface area contributed by atoms with E-state index in [2.05, 4.69) is 17.9 Å². The Morgan fingerprint density at radius 1 is 1.14 bits per heavy atom. The summed E-state index contributed by atoms with van der Waals surface area (Å²) in [6.07, 6.45) is 9.46. The predicted octanol–water partition coefficient (Wildman–Crippen LogP) is 2.54. The smallest absolute Gasteiger partial charge is 0.221 e. The van der Waals surface area contributed by atoms with Gasteiger partial charge in [0.05, 0.1) is 0 Å². The Bertz CT molecular complexity index is 165. The van der Waals surface area contributed by atoms with Gasteiger partial charge < -0.3 is 5.32 Å². The van der Waals surface area contributed by atoms with E-state index >= 15 is 0 Å². The average Bonchev–Trinajstić information content (AvgIpc) is 2.10. The Kier molecular flexibility index (Phi) is 6.08. The first-order valence-corrected chi connectivity index (χ1v) is 6.36. The molecule has 0 bridgehead atoms. The fourth-order valence-corrected chi connectivity index (χ4v) is 2.20. The van der Waals surface area contributed by atoms with E-state index in [1.807, 2.05) is 0 Å². The van der Waals surface area contributed by atoms with E-state index in [1.165, 1.54) is 32.1 Å². The fourth-order valence-electron chi connectivity index (χ4n) is 2.00. The Balaban J connectivity index is 2.22. The molecule has 1 aliphatic rings. The first-order valence-electron chi connectivity index (χ1n) is 5.73. The van der Waals surface area contributed by atoms with E-state index in [-0.39, 0.29) is 5.91 Å². The Labute approximate surface area is 92.2 Å². The summed E-state index contributed by atoms with van der Waals surface area (Å²) in [5, 5.41) is 3.10. The van der Waals surface area contributed by atoms with Gasteiger partial charge in [-0.05, 0) is 18.6 Å². The first-order chi connectivity index (χ1) is 6.83. The van der Waals surface area contributed by atoms with Crippen LogP contribution >= 0.6 is 12.6 Å². The number of nitrogens with one attached hydrogen (secondary N) is 1. The highest BCUT2D eigenvalue weighted by Crippen LogP contribution is 2.17. The third-order valence-corrected chi connectivity index (χ3v) is 3.03. The lowest BCUT2D eigenvalue weighted by atomic mass is 9.97. The maximum atomic E-state index is 11.3. The summed E-state index contributed by atoms with van der Waals surface area (Å²) in [6.45, 7) is 0. The van der Waals surface area contributed by atoms with Crippen molar-refractivity contribution in [1.29, 1.82) is 0 Å². The van der Waals surface area contributed by atoms with Crippen LogP contribution in [0, 0.1) is 0 Å². The van der Waals surface area contributed by atoms with E-state index < -0.39 is 0 Å². The van der Waals surface area contributed by atoms with Gasteiger partial charge in [-0.15, -0.1) is 0 Å². The minimum absolute atomic E-state index is 0.172. The van der Waals surface area contributed by atoms with E-state index in [0.29, 0.717) is 18.2 Å². The zero-order valence-corrected chi connectivity index (χ0v) is 9.69. The van der Waals surface area contributed by atoms with Gasteiger partial charge in [-0.25, -0.2) is 0 Å². The van der Waals surface area contributed by atoms with Gasteiger partial charge >= 0.3 is 0 Å². The van der Waals surface area contributed by atoms with Crippen LogP contribution in [0.2, 0.25) is 0 Å². The number of hydrogen-bond donors (Lipinski definition) is 2. The predicted molar refractivity (Wildman–Crippen MR) is 62.7 cm³/mol. The summed E-state index contributed by atoms with van der Waals surface area (Å²) >= 11 is 4.06. The molecule has 1 aliphatic carbocycles. The first kappa shape index (κ1) is 11.9. The SMILES string of the molecule is O=C(CCS)NC1CCCCCCC1. The Morgan fingerprint density at radius 2 is 1.71 bits per heavy atom. The molecular formula is C11H21NOS. The van der Waals surface area contributed by atoms with Gasteiger partial charge in [0, 0.05) is 12.5 Å². The molecule has 0 heterocycles. The van der Waals surface area contributed by atoms with Crippen molar-refractivity contribution in [3.05, 3.63) is 0 Å². The summed E-state index contributed by atoms with van der Waals surface area (Å²) in [7, 11) is 0. The molecule has 0 aromatic carbocycles. The van der Waals surface area contributed by atoms with Gasteiger partial charge in [-0.2, -0.15) is 12.6 Å². The molecule has 14 heavy (non-hydrogen) atoms. The van der Waals surface area contributed by atoms with Crippen molar-refractivity contribution in [2.75, 3.05) is 5.75 Å². The number of hydrogen-bond acceptors (Lipinski definition) is 2. The van der Waals surface area contributed by atoms with Crippen LogP contribution < -0.4 is 5.32 Å². The molecule has 3 heteroatoms. The Hall–Kier alpha value is -0.180. The quantitative estimate of drug-likeness (QED) is 0.696. The van der Waals surface area contributed by atoms with E-state index in [1.54, 1.807) is 0 Å². The van der Waals surface area contributed by atoms with Gasteiger partial charge in [-0.3, -0.25) is 4.79 Å². The second-order valence-electron chi connectivity index (χ2n) is 4.08. The second kappa shape index (κ2) is 7.16. The van der Waals surface area contributed by atoms with Gasteiger partial charge in [0.25, 0.3) is 0 Å². The normalized spacial score (nSPS) is 19.8. The lowest BCUT2D eigenvalue weighted by molar-refractivity contribution is -0.121. The van der Waals surface area contributed by atoms with Crippen molar-refractivity contribution in [2.45, 2.75) is 57.4 Å². The lowest BCUT2D eigenvalue weighted by Crippen LogP contribution is -2.35. The standard InChI is InChI=1S/C11H21NOS/c13-11(8-9-14)12-10-6-4-2-1-3-5-7-10/h10,14H,1-9H2,(H,12,13). The molecule has 0 unspecified atom stereocenters. The molecule has 0 spiro atoms. The van der Waals surface area contributed by atoms with Crippen LogP contribution in [0.15, 0.2) is 0 Å². The molecule has 0 radical (unpaired) electrons. The number of carbonyl (C=O) groups excluding carboxylic acids is 1. The van der Waals surface area contributed by atoms with Crippen molar-refractivity contribution in [3.8, 4) is 0 Å². The fraction of sp³-hybridized carbons (Fsp3) is 0.909. The number of amides is 1. The lowest BCUT2D eigenvalue weighted by Gasteiger charge is -2.20. The molecule has 1 fully saturated rings. The molecule has 0 saturated heterocycles. The topological polar surface area (TPSA) is 29.1 Å². The molecule has 82 valence electrons. The van der Waals surface area contributed by atoms with Gasteiger partial charge in [-0.1, -0.05) is 32.1 Å². The van der Waals surface area contributed by atoms with Crippen molar-refractivity contribution in [2.24, 2.45) is 0 Å². The van der Waals surface area contributed by atoms with Crippen molar-refractivity contribution >= 4 is 18.5 Å². The molecule has 0 aromatic rings. The largest absolute Gasteiger partial charge is 0.353 e. The van der Waals surface area contributed by atoms with Crippen LogP contribution in [0.4, 0.5) is 0 Å². The van der Waals surface area contributed by atoms with E-state index in [9.17, 15) is 4.79 Å². The summed E-state index contributed by atoms with van der Waals surface area (Å²) in [4.78, 5) is 11.3. The third kappa shape index (κ3) is 4.89. The molecule has 0 aliphatic heterocycles. The van der Waals surface area contributed by atoms with Crippen molar-refractivity contribution in [3.63, 3.8) is 0 Å². The van der Waals surface area contributed by atoms with Crippen LogP contribution in [0.5, 0.6) is 0 Å². The van der Waals surface area contributed by atoms with Crippen molar-refractivity contribution < 1.29 is 4.79 Å². The molecule has 1 amide bonds. The summed E-state index contributed by atoms with van der Waals surface area (Å²) in [5.74, 6) is 0.823. The van der Waals surface area contributed by atoms with Crippen LogP contribution in [-0.4, -0.2) is 17.7 Å². The van der Waals surface area contributed by atoms with Gasteiger partial charge in [0.15, 0.2) is 0 Å². The highest BCUT2D eigenvalue weighted by Gasteiger charge is 2.12. The Morgan fingerprint density at radius 3 is 2.29 bits per heavy atom. The minimum atomic E-state index is 0.172. The number of carbonyl (C=O) groups is 1. The second-order valence-corrected chi connectivity index (χ2v) is 4.53. The van der Waals surface area contributed by atoms with Gasteiger partial charge in [0.1, 0.15) is 0 Å². The van der Waals surface area contributed by atoms with Gasteiger partial charge in [0.2, 0.25) is 5.91 Å². The summed E-state index contributed by atoms with van der Waals surface area (Å²) < 4.78 is 0. The maximum absolute atomic E-state index is 11.3. The monoisotopic (exact) mass is 215 g/mol. The molecule has 2 nitrogen and oxygen atoms in total. The average molecular weight is 215 g/mol. The minimum Gasteiger partial charge on any atom is -0.353 e. The maximum Gasteiger partial charge on any atom is 0.221 e. The van der Waals surface area contributed by atoms with E-state index in [4.69, 9.17) is 0 Å². The third-order valence-electron chi connectivity index (χ3n) is 2.81. The number of thiol groups is 1. The zero-order valence-electron chi connectivity index (χ0n) is 8.80. The van der Waals surface area contributed by atoms with Crippen molar-refractivity contribution in [1.82, 2.24) is 5.32 Å². The molecule has 0 aromatic heterocycles. The van der Waals surface area contributed by atoms with Crippen LogP contribution in [0.3, 0.4) is 0 Å². The van der Waals surface area contributed by atoms with Crippen LogP contribution in [0.25, 0.3) is 0 Å². The molecule has 1 rings (SSSR count). The molecule has 0 atom stereocenters. The number of rotatable bonds is 3. The zero-order chi connectivity index (χ0) is 10.2. The summed E-state index contributed by atoms with van der Waals surface area (Å²) in [5.41, 5.74) is 0.